The molecule has 2 aromatic rings. The van der Waals surface area contributed by atoms with Crippen LogP contribution in [0.2, 0.25) is 5.02 Å². The van der Waals surface area contributed by atoms with Crippen molar-refractivity contribution in [3.63, 3.8) is 0 Å². The summed E-state index contributed by atoms with van der Waals surface area (Å²) in [5, 5.41) is 13.5. The second-order valence-electron chi connectivity index (χ2n) is 9.02. The molecule has 0 saturated heterocycles. The van der Waals surface area contributed by atoms with Crippen LogP contribution in [0.3, 0.4) is 0 Å². The zero-order chi connectivity index (χ0) is 22.0. The minimum Gasteiger partial charge on any atom is -0.446 e. The minimum atomic E-state index is -0.304. The van der Waals surface area contributed by atoms with Crippen LogP contribution >= 0.6 is 11.6 Å². The van der Waals surface area contributed by atoms with Crippen molar-refractivity contribution in [3.8, 4) is 0 Å². The van der Waals surface area contributed by atoms with Gasteiger partial charge in [0, 0.05) is 28.5 Å². The maximum absolute atomic E-state index is 12.3. The van der Waals surface area contributed by atoms with Gasteiger partial charge in [0.05, 0.1) is 12.1 Å². The van der Waals surface area contributed by atoms with Crippen LogP contribution in [-0.2, 0) is 22.4 Å². The fraction of sp³-hybridized carbons (Fsp3) is 0.545. The van der Waals surface area contributed by atoms with Crippen molar-refractivity contribution in [1.29, 1.82) is 0 Å². The average molecular weight is 446 g/mol. The number of halogens is 1. The molecule has 2 fully saturated rings. The van der Waals surface area contributed by atoms with Gasteiger partial charge in [-0.25, -0.2) is 4.79 Å². The van der Waals surface area contributed by atoms with Gasteiger partial charge < -0.3 is 15.4 Å². The predicted octanol–water partition coefficient (Wildman–Crippen LogP) is 3.94. The third-order valence-corrected chi connectivity index (χ3v) is 6.42. The van der Waals surface area contributed by atoms with Crippen molar-refractivity contribution in [3.05, 3.63) is 40.3 Å². The third-order valence-electron chi connectivity index (χ3n) is 6.01. The van der Waals surface area contributed by atoms with E-state index in [0.29, 0.717) is 22.5 Å². The molecular weight excluding hydrogens is 418 g/mol. The van der Waals surface area contributed by atoms with Crippen molar-refractivity contribution in [2.24, 2.45) is 5.92 Å². The van der Waals surface area contributed by atoms with E-state index >= 15 is 0 Å². The fourth-order valence-corrected chi connectivity index (χ4v) is 4.06. The van der Waals surface area contributed by atoms with Crippen molar-refractivity contribution in [2.75, 3.05) is 5.32 Å². The van der Waals surface area contributed by atoms with Crippen molar-refractivity contribution in [2.45, 2.75) is 70.4 Å². The number of aryl methyl sites for hydroxylation is 1. The summed E-state index contributed by atoms with van der Waals surface area (Å²) in [6, 6.07) is 3.55. The molecule has 0 radical (unpaired) electrons. The molecule has 4 rings (SSSR count). The Balaban J connectivity index is 1.22. The molecule has 2 atom stereocenters. The summed E-state index contributed by atoms with van der Waals surface area (Å²) in [5.74, 6) is 0.702. The molecule has 8 nitrogen and oxygen atoms in total. The van der Waals surface area contributed by atoms with Crippen LogP contribution in [0, 0.1) is 12.8 Å². The molecule has 0 aliphatic heterocycles. The van der Waals surface area contributed by atoms with Gasteiger partial charge in [-0.3, -0.25) is 14.9 Å². The van der Waals surface area contributed by atoms with Gasteiger partial charge in [-0.15, -0.1) is 0 Å². The van der Waals surface area contributed by atoms with E-state index < -0.39 is 0 Å². The first-order valence-corrected chi connectivity index (χ1v) is 11.1. The molecule has 9 heteroatoms. The molecular formula is C22H28ClN5O3. The predicted molar refractivity (Wildman–Crippen MR) is 117 cm³/mol. The van der Waals surface area contributed by atoms with Gasteiger partial charge in [0.1, 0.15) is 6.10 Å². The van der Waals surface area contributed by atoms with Gasteiger partial charge in [0.2, 0.25) is 5.91 Å². The lowest BCUT2D eigenvalue weighted by molar-refractivity contribution is -0.115. The van der Waals surface area contributed by atoms with Crippen molar-refractivity contribution >= 4 is 29.4 Å². The first kappa shape index (κ1) is 21.6. The summed E-state index contributed by atoms with van der Waals surface area (Å²) in [7, 11) is 0. The Bertz CT molecular complexity index is 972. The van der Waals surface area contributed by atoms with Gasteiger partial charge in [-0.1, -0.05) is 11.6 Å². The van der Waals surface area contributed by atoms with Crippen LogP contribution in [0.1, 0.15) is 56.0 Å². The average Bonchev–Trinajstić information content (AvgIpc) is 3.06. The molecule has 0 bridgehead atoms. The number of hydrogen-bond acceptors (Lipinski definition) is 5. The number of nitrogens with one attached hydrogen (secondary N) is 3. The van der Waals surface area contributed by atoms with Crippen LogP contribution in [0.4, 0.5) is 10.6 Å². The number of aromatic amines is 1. The van der Waals surface area contributed by atoms with Gasteiger partial charge in [-0.2, -0.15) is 5.10 Å². The molecule has 3 N–H and O–H groups in total. The van der Waals surface area contributed by atoms with Crippen LogP contribution < -0.4 is 10.6 Å². The van der Waals surface area contributed by atoms with E-state index in [1.165, 1.54) is 0 Å². The Morgan fingerprint density at radius 3 is 2.87 bits per heavy atom. The molecule has 2 aromatic heterocycles. The number of amides is 2. The Kier molecular flexibility index (Phi) is 6.18. The SMILES string of the molecule is Cc1cnc(CC(=O)Nc2cc(C[C@H]3CC[C@@H](OC(=O)NC4(C)CC4)C3)[nH]n2)cc1Cl. The number of carbonyl (C=O) groups excluding carboxylic acids is 2. The van der Waals surface area contributed by atoms with Crippen molar-refractivity contribution < 1.29 is 14.3 Å². The number of carbonyl (C=O) groups is 2. The molecule has 31 heavy (non-hydrogen) atoms. The van der Waals surface area contributed by atoms with E-state index in [4.69, 9.17) is 16.3 Å². The highest BCUT2D eigenvalue weighted by molar-refractivity contribution is 6.31. The number of aromatic nitrogens is 3. The van der Waals surface area contributed by atoms with Gasteiger partial charge in [0.25, 0.3) is 0 Å². The highest BCUT2D eigenvalue weighted by atomic mass is 35.5. The van der Waals surface area contributed by atoms with Crippen LogP contribution in [-0.4, -0.2) is 38.8 Å². The lowest BCUT2D eigenvalue weighted by Crippen LogP contribution is -2.36. The lowest BCUT2D eigenvalue weighted by Gasteiger charge is -2.16. The van der Waals surface area contributed by atoms with Crippen LogP contribution in [0.25, 0.3) is 0 Å². The summed E-state index contributed by atoms with van der Waals surface area (Å²) < 4.78 is 5.58. The largest absolute Gasteiger partial charge is 0.446 e. The quantitative estimate of drug-likeness (QED) is 0.598. The number of alkyl carbamates (subject to hydrolysis) is 1. The van der Waals surface area contributed by atoms with E-state index in [9.17, 15) is 9.59 Å². The molecule has 166 valence electrons. The highest BCUT2D eigenvalue weighted by Crippen LogP contribution is 2.35. The normalized spacial score (nSPS) is 21.5. The number of ether oxygens (including phenoxy) is 1. The molecule has 0 aromatic carbocycles. The zero-order valence-electron chi connectivity index (χ0n) is 17.8. The molecule has 2 amide bonds. The number of nitrogens with zero attached hydrogens (tertiary/aromatic N) is 2. The monoisotopic (exact) mass is 445 g/mol. The smallest absolute Gasteiger partial charge is 0.407 e. The summed E-state index contributed by atoms with van der Waals surface area (Å²) in [6.45, 7) is 3.90. The van der Waals surface area contributed by atoms with Crippen LogP contribution in [0.15, 0.2) is 18.3 Å². The van der Waals surface area contributed by atoms with E-state index in [0.717, 1.165) is 49.8 Å². The Morgan fingerprint density at radius 1 is 1.32 bits per heavy atom. The van der Waals surface area contributed by atoms with E-state index in [1.54, 1.807) is 12.3 Å². The standard InChI is InChI=1S/C22H28ClN5O3/c1-13-12-24-15(9-18(13)23)11-20(29)25-19-10-16(27-28-19)7-14-3-4-17(8-14)31-21(30)26-22(2)5-6-22/h9-10,12,14,17H,3-8,11H2,1-2H3,(H,26,30)(H2,25,27,28,29)/t14-,17-/m1/s1. The number of rotatable bonds is 7. The van der Waals surface area contributed by atoms with Gasteiger partial charge in [0.15, 0.2) is 5.82 Å². The first-order valence-electron chi connectivity index (χ1n) is 10.7. The second-order valence-corrected chi connectivity index (χ2v) is 9.43. The van der Waals surface area contributed by atoms with E-state index in [1.807, 2.05) is 19.9 Å². The molecule has 2 heterocycles. The fourth-order valence-electron chi connectivity index (χ4n) is 3.89. The maximum Gasteiger partial charge on any atom is 0.407 e. The van der Waals surface area contributed by atoms with Gasteiger partial charge in [-0.05, 0) is 69.9 Å². The zero-order valence-corrected chi connectivity index (χ0v) is 18.6. The summed E-state index contributed by atoms with van der Waals surface area (Å²) >= 11 is 6.09. The molecule has 2 aliphatic carbocycles. The highest BCUT2D eigenvalue weighted by Gasteiger charge is 2.40. The summed E-state index contributed by atoms with van der Waals surface area (Å²) in [4.78, 5) is 28.5. The minimum absolute atomic E-state index is 0.0386. The Hall–Kier alpha value is -2.61. The topological polar surface area (TPSA) is 109 Å². The summed E-state index contributed by atoms with van der Waals surface area (Å²) in [5.41, 5.74) is 2.38. The van der Waals surface area contributed by atoms with E-state index in [-0.39, 0.29) is 30.1 Å². The van der Waals surface area contributed by atoms with Gasteiger partial charge >= 0.3 is 6.09 Å². The maximum atomic E-state index is 12.3. The number of hydrogen-bond donors (Lipinski definition) is 3. The first-order chi connectivity index (χ1) is 14.8. The van der Waals surface area contributed by atoms with E-state index in [2.05, 4.69) is 25.8 Å². The van der Waals surface area contributed by atoms with Crippen LogP contribution in [0.5, 0.6) is 0 Å². The summed E-state index contributed by atoms with van der Waals surface area (Å²) in [6.07, 6.45) is 6.99. The lowest BCUT2D eigenvalue weighted by atomic mass is 10.0. The molecule has 2 saturated carbocycles. The second kappa shape index (κ2) is 8.86. The Morgan fingerprint density at radius 2 is 2.13 bits per heavy atom. The number of pyridine rings is 1. The molecule has 2 aliphatic rings. The number of H-pyrrole nitrogens is 1. The Labute approximate surface area is 186 Å². The third kappa shape index (κ3) is 5.97. The molecule has 0 unspecified atom stereocenters. The molecule has 0 spiro atoms. The van der Waals surface area contributed by atoms with Crippen molar-refractivity contribution in [1.82, 2.24) is 20.5 Å². The number of anilines is 1.